The summed E-state index contributed by atoms with van der Waals surface area (Å²) in [6.07, 6.45) is 21.4. The van der Waals surface area contributed by atoms with Gasteiger partial charge >= 0.3 is 0 Å². The average molecular weight is 646 g/mol. The summed E-state index contributed by atoms with van der Waals surface area (Å²) in [5.74, 6) is 1.83. The molecular weight excluding hydrogens is 607 g/mol. The maximum Gasteiger partial charge on any atom is 0.152 e. The predicted octanol–water partition coefficient (Wildman–Crippen LogP) is 10.8. The van der Waals surface area contributed by atoms with Crippen LogP contribution in [0.2, 0.25) is 0 Å². The number of rotatable bonds is 5. The second kappa shape index (κ2) is 12.7. The summed E-state index contributed by atoms with van der Waals surface area (Å²) in [5, 5.41) is 0. The topological polar surface area (TPSA) is 37.1 Å². The summed E-state index contributed by atoms with van der Waals surface area (Å²) in [4.78, 5) is 15.1. The van der Waals surface area contributed by atoms with Crippen LogP contribution in [0.1, 0.15) is 53.5 Å². The lowest BCUT2D eigenvalue weighted by Gasteiger charge is -2.32. The number of hydrogen-bond acceptors (Lipinski definition) is 1. The SMILES string of the molecule is C=NC(=NC(=NCC1CC=CC2=C1c1ccccc1C21c2ccccc2-c2ccccc21)C1=CC=C(c2ccccc2)CC1)C1C=CC=CC1. The van der Waals surface area contributed by atoms with Gasteiger partial charge in [-0.1, -0.05) is 152 Å². The normalized spacial score (nSPS) is 21.4. The third-order valence-corrected chi connectivity index (χ3v) is 11.1. The molecule has 0 bridgehead atoms. The number of aliphatic imine (C=N–C) groups is 3. The standard InChI is InChI=1S/C47H39N3/c1-48-45(34-17-6-3-7-18-34)50-46(35-29-27-33(28-30-35)32-15-4-2-5-16-32)49-31-36-19-14-26-43-44(36)39-22-10-13-25-42(39)47(43)40-23-11-8-20-37(40)38-21-9-12-24-41(38)47/h2-17,20-27,29,34,36H,1,18-19,28,30-31H2. The number of amidine groups is 2. The number of benzene rings is 4. The van der Waals surface area contributed by atoms with Crippen molar-refractivity contribution in [1.29, 1.82) is 0 Å². The van der Waals surface area contributed by atoms with E-state index >= 15 is 0 Å². The Bertz CT molecular complexity index is 2220. The van der Waals surface area contributed by atoms with Crippen LogP contribution in [0.25, 0.3) is 22.3 Å². The van der Waals surface area contributed by atoms with Crippen molar-refractivity contribution in [2.24, 2.45) is 26.8 Å². The zero-order valence-corrected chi connectivity index (χ0v) is 28.2. The van der Waals surface area contributed by atoms with E-state index in [0.29, 0.717) is 6.54 Å². The van der Waals surface area contributed by atoms with E-state index in [1.807, 2.05) is 0 Å². The molecule has 50 heavy (non-hydrogen) atoms. The molecule has 0 N–H and O–H groups in total. The third-order valence-electron chi connectivity index (χ3n) is 11.1. The van der Waals surface area contributed by atoms with Crippen LogP contribution in [0.4, 0.5) is 0 Å². The fraction of sp³-hybridized carbons (Fsp3) is 0.170. The molecule has 2 atom stereocenters. The first kappa shape index (κ1) is 30.4. The number of nitrogens with zero attached hydrogens (tertiary/aromatic N) is 3. The van der Waals surface area contributed by atoms with E-state index in [2.05, 4.69) is 163 Å². The van der Waals surface area contributed by atoms with Crippen molar-refractivity contribution in [2.45, 2.75) is 31.1 Å². The molecule has 0 saturated carbocycles. The zero-order chi connectivity index (χ0) is 33.5. The Morgan fingerprint density at radius 1 is 0.700 bits per heavy atom. The molecule has 4 aromatic rings. The summed E-state index contributed by atoms with van der Waals surface area (Å²) >= 11 is 0. The van der Waals surface area contributed by atoms with Gasteiger partial charge in [0.05, 0.1) is 5.41 Å². The van der Waals surface area contributed by atoms with Crippen molar-refractivity contribution in [3.05, 3.63) is 191 Å². The van der Waals surface area contributed by atoms with Crippen LogP contribution in [-0.4, -0.2) is 24.9 Å². The van der Waals surface area contributed by atoms with Gasteiger partial charge < -0.3 is 0 Å². The first-order chi connectivity index (χ1) is 24.8. The smallest absolute Gasteiger partial charge is 0.152 e. The minimum atomic E-state index is -0.329. The molecule has 0 radical (unpaired) electrons. The highest BCUT2D eigenvalue weighted by Gasteiger charge is 2.53. The molecule has 0 heterocycles. The lowest BCUT2D eigenvalue weighted by atomic mass is 9.68. The maximum atomic E-state index is 5.42. The van der Waals surface area contributed by atoms with Crippen LogP contribution in [0, 0.1) is 11.8 Å². The molecule has 5 aliphatic carbocycles. The van der Waals surface area contributed by atoms with Gasteiger partial charge in [0.15, 0.2) is 5.84 Å². The van der Waals surface area contributed by atoms with Crippen LogP contribution >= 0.6 is 0 Å². The lowest BCUT2D eigenvalue weighted by molar-refractivity contribution is 0.677. The van der Waals surface area contributed by atoms with Gasteiger partial charge in [0, 0.05) is 18.4 Å². The van der Waals surface area contributed by atoms with Gasteiger partial charge in [-0.15, -0.1) is 0 Å². The minimum absolute atomic E-state index is 0.0957. The molecule has 0 saturated heterocycles. The number of allylic oxidation sites excluding steroid dienone is 9. The molecule has 0 aliphatic heterocycles. The summed E-state index contributed by atoms with van der Waals surface area (Å²) in [7, 11) is 0. The highest BCUT2D eigenvalue weighted by molar-refractivity contribution is 6.08. The highest BCUT2D eigenvalue weighted by Crippen LogP contribution is 2.63. The maximum absolute atomic E-state index is 5.42. The van der Waals surface area contributed by atoms with Gasteiger partial charge in [0.1, 0.15) is 5.84 Å². The Hall–Kier alpha value is -5.67. The average Bonchev–Trinajstić information content (AvgIpc) is 3.67. The van der Waals surface area contributed by atoms with E-state index in [9.17, 15) is 0 Å². The Balaban J connectivity index is 1.15. The quantitative estimate of drug-likeness (QED) is 0.153. The van der Waals surface area contributed by atoms with Gasteiger partial charge in [0.25, 0.3) is 0 Å². The van der Waals surface area contributed by atoms with Crippen LogP contribution in [0.3, 0.4) is 0 Å². The fourth-order valence-electron chi connectivity index (χ4n) is 8.88. The molecule has 0 amide bonds. The molecule has 242 valence electrons. The van der Waals surface area contributed by atoms with Crippen LogP contribution in [-0.2, 0) is 5.41 Å². The molecule has 0 fully saturated rings. The van der Waals surface area contributed by atoms with Gasteiger partial charge in [0.2, 0.25) is 0 Å². The molecule has 9 rings (SSSR count). The van der Waals surface area contributed by atoms with Crippen molar-refractivity contribution in [1.82, 2.24) is 0 Å². The highest BCUT2D eigenvalue weighted by atomic mass is 15.0. The van der Waals surface area contributed by atoms with Crippen LogP contribution in [0.5, 0.6) is 0 Å². The van der Waals surface area contributed by atoms with Crippen LogP contribution < -0.4 is 0 Å². The van der Waals surface area contributed by atoms with Gasteiger partial charge in [-0.2, -0.15) is 0 Å². The Labute approximate surface area is 295 Å². The summed E-state index contributed by atoms with van der Waals surface area (Å²) in [6, 6.07) is 37.8. The molecule has 3 heteroatoms. The summed E-state index contributed by atoms with van der Waals surface area (Å²) in [5.41, 5.74) is 14.4. The van der Waals surface area contributed by atoms with E-state index < -0.39 is 0 Å². The zero-order valence-electron chi connectivity index (χ0n) is 28.2. The molecule has 0 aromatic heterocycles. The lowest BCUT2D eigenvalue weighted by Crippen LogP contribution is -2.27. The molecule has 3 nitrogen and oxygen atoms in total. The van der Waals surface area contributed by atoms with Crippen molar-refractivity contribution < 1.29 is 0 Å². The Morgan fingerprint density at radius 2 is 1.38 bits per heavy atom. The number of fused-ring (bicyclic) bond motifs is 9. The van der Waals surface area contributed by atoms with E-state index in [1.165, 1.54) is 55.7 Å². The first-order valence-electron chi connectivity index (χ1n) is 17.9. The summed E-state index contributed by atoms with van der Waals surface area (Å²) in [6.45, 7) is 4.59. The van der Waals surface area contributed by atoms with E-state index in [1.54, 1.807) is 0 Å². The van der Waals surface area contributed by atoms with Gasteiger partial charge in [-0.25, -0.2) is 9.98 Å². The monoisotopic (exact) mass is 645 g/mol. The van der Waals surface area contributed by atoms with Gasteiger partial charge in [-0.05, 0) is 93.6 Å². The number of hydrogen-bond donors (Lipinski definition) is 0. The first-order valence-corrected chi connectivity index (χ1v) is 17.9. The summed E-state index contributed by atoms with van der Waals surface area (Å²) < 4.78 is 0. The minimum Gasteiger partial charge on any atom is -0.266 e. The Morgan fingerprint density at radius 3 is 2.04 bits per heavy atom. The molecule has 4 aromatic carbocycles. The fourth-order valence-corrected chi connectivity index (χ4v) is 8.88. The largest absolute Gasteiger partial charge is 0.266 e. The molecule has 1 spiro atoms. The van der Waals surface area contributed by atoms with E-state index in [4.69, 9.17) is 9.98 Å². The second-order valence-electron chi connectivity index (χ2n) is 13.7. The van der Waals surface area contributed by atoms with Gasteiger partial charge in [-0.3, -0.25) is 4.99 Å². The molecular formula is C47H39N3. The molecule has 5 aliphatic rings. The third kappa shape index (κ3) is 4.83. The van der Waals surface area contributed by atoms with Crippen molar-refractivity contribution >= 4 is 29.5 Å². The second-order valence-corrected chi connectivity index (χ2v) is 13.7. The van der Waals surface area contributed by atoms with Crippen molar-refractivity contribution in [2.75, 3.05) is 6.54 Å². The van der Waals surface area contributed by atoms with Crippen molar-refractivity contribution in [3.8, 4) is 11.1 Å². The van der Waals surface area contributed by atoms with Crippen molar-refractivity contribution in [3.63, 3.8) is 0 Å². The Kier molecular flexibility index (Phi) is 7.69. The predicted molar refractivity (Wildman–Crippen MR) is 210 cm³/mol. The van der Waals surface area contributed by atoms with Crippen LogP contribution in [0.15, 0.2) is 178 Å². The molecule has 2 unspecified atom stereocenters. The van der Waals surface area contributed by atoms with E-state index in [0.717, 1.165) is 42.9 Å². The van der Waals surface area contributed by atoms with E-state index in [-0.39, 0.29) is 17.3 Å².